The molecule has 5 aromatic rings. The van der Waals surface area contributed by atoms with Crippen molar-refractivity contribution < 1.29 is 14.3 Å². The zero-order chi connectivity index (χ0) is 27.3. The molecule has 1 atom stereocenters. The molecule has 0 aliphatic carbocycles. The summed E-state index contributed by atoms with van der Waals surface area (Å²) in [7, 11) is 0. The zero-order valence-corrected chi connectivity index (χ0v) is 22.3. The number of carbonyl (C=O) groups excluding carboxylic acids is 2. The van der Waals surface area contributed by atoms with Crippen molar-refractivity contribution in [3.8, 4) is 28.2 Å². The average Bonchev–Trinajstić information content (AvgIpc) is 3.78. The second kappa shape index (κ2) is 11.5. The maximum atomic E-state index is 13.1. The van der Waals surface area contributed by atoms with Crippen LogP contribution in [0.15, 0.2) is 96.5 Å². The molecule has 1 aliphatic heterocycles. The predicted octanol–water partition coefficient (Wildman–Crippen LogP) is 5.80. The number of thiazole rings is 1. The molecule has 0 radical (unpaired) electrons. The van der Waals surface area contributed by atoms with Crippen molar-refractivity contribution in [1.29, 1.82) is 0 Å². The Bertz CT molecular complexity index is 1600. The van der Waals surface area contributed by atoms with Crippen LogP contribution >= 0.6 is 11.3 Å². The predicted molar refractivity (Wildman–Crippen MR) is 153 cm³/mol. The smallest absolute Gasteiger partial charge is 0.410 e. The Kier molecular flexibility index (Phi) is 7.32. The molecule has 40 heavy (non-hydrogen) atoms. The second-order valence-electron chi connectivity index (χ2n) is 9.36. The summed E-state index contributed by atoms with van der Waals surface area (Å²) < 4.78 is 7.25. The number of carbonyl (C=O) groups is 2. The second-order valence-corrected chi connectivity index (χ2v) is 10.2. The first kappa shape index (κ1) is 25.4. The van der Waals surface area contributed by atoms with E-state index >= 15 is 0 Å². The number of amides is 2. The molecule has 3 heterocycles. The summed E-state index contributed by atoms with van der Waals surface area (Å²) in [5.41, 5.74) is 5.37. The Balaban J connectivity index is 1.09. The van der Waals surface area contributed by atoms with E-state index < -0.39 is 12.1 Å². The largest absolute Gasteiger partial charge is 0.445 e. The zero-order valence-electron chi connectivity index (χ0n) is 21.5. The van der Waals surface area contributed by atoms with Crippen molar-refractivity contribution in [2.24, 2.45) is 0 Å². The van der Waals surface area contributed by atoms with E-state index in [2.05, 4.69) is 20.6 Å². The van der Waals surface area contributed by atoms with Gasteiger partial charge in [0.15, 0.2) is 5.13 Å². The highest BCUT2D eigenvalue weighted by Gasteiger charge is 2.35. The minimum atomic E-state index is -0.587. The van der Waals surface area contributed by atoms with E-state index in [1.807, 2.05) is 90.3 Å². The van der Waals surface area contributed by atoms with Crippen LogP contribution in [0, 0.1) is 0 Å². The van der Waals surface area contributed by atoms with Gasteiger partial charge in [-0.1, -0.05) is 78.0 Å². The van der Waals surface area contributed by atoms with Gasteiger partial charge in [-0.2, -0.15) is 0 Å². The van der Waals surface area contributed by atoms with E-state index in [1.54, 1.807) is 10.9 Å². The summed E-state index contributed by atoms with van der Waals surface area (Å²) in [6.45, 7) is 0.655. The molecule has 1 unspecified atom stereocenters. The SMILES string of the molecule is O=C(Nc1nc(-c2ccc(-n3nncc3-c3ccccc3)cc2)cs1)C1CCCN1C(=O)OCc1ccccc1. The normalized spacial score (nSPS) is 14.7. The van der Waals surface area contributed by atoms with Gasteiger partial charge in [0.25, 0.3) is 0 Å². The van der Waals surface area contributed by atoms with Gasteiger partial charge in [-0.3, -0.25) is 9.69 Å². The first-order chi connectivity index (χ1) is 19.7. The molecule has 6 rings (SSSR count). The summed E-state index contributed by atoms with van der Waals surface area (Å²) in [5, 5.41) is 13.6. The topological polar surface area (TPSA) is 102 Å². The van der Waals surface area contributed by atoms with E-state index in [9.17, 15) is 9.59 Å². The molecule has 1 N–H and O–H groups in total. The molecular formula is C30H26N6O3S. The maximum Gasteiger partial charge on any atom is 0.410 e. The van der Waals surface area contributed by atoms with E-state index in [0.717, 1.165) is 40.2 Å². The van der Waals surface area contributed by atoms with Crippen molar-refractivity contribution >= 4 is 28.5 Å². The van der Waals surface area contributed by atoms with Crippen LogP contribution in [0.5, 0.6) is 0 Å². The average molecular weight is 551 g/mol. The van der Waals surface area contributed by atoms with E-state index in [-0.39, 0.29) is 12.5 Å². The molecule has 0 bridgehead atoms. The number of nitrogens with zero attached hydrogens (tertiary/aromatic N) is 5. The molecule has 2 amide bonds. The first-order valence-corrected chi connectivity index (χ1v) is 13.8. The number of hydrogen-bond acceptors (Lipinski definition) is 7. The number of anilines is 1. The third kappa shape index (κ3) is 5.48. The number of hydrogen-bond donors (Lipinski definition) is 1. The molecule has 9 nitrogen and oxygen atoms in total. The van der Waals surface area contributed by atoms with E-state index in [1.165, 1.54) is 16.2 Å². The monoisotopic (exact) mass is 550 g/mol. The van der Waals surface area contributed by atoms with Crippen LogP contribution < -0.4 is 5.32 Å². The minimum absolute atomic E-state index is 0.170. The molecule has 3 aromatic carbocycles. The first-order valence-electron chi connectivity index (χ1n) is 13.0. The highest BCUT2D eigenvalue weighted by Crippen LogP contribution is 2.28. The molecule has 1 aliphatic rings. The standard InChI is InChI=1S/C30H26N6O3S/c37-28(26-12-7-17-35(26)30(38)39-19-21-8-3-1-4-9-21)33-29-32-25(20-40-29)22-13-15-24(16-14-22)36-27(18-31-34-36)23-10-5-2-6-11-23/h1-6,8-11,13-16,18,20,26H,7,12,17,19H2,(H,32,33,37). The third-order valence-electron chi connectivity index (χ3n) is 6.76. The van der Waals surface area contributed by atoms with Crippen LogP contribution in [0.1, 0.15) is 18.4 Å². The van der Waals surface area contributed by atoms with E-state index in [4.69, 9.17) is 4.74 Å². The van der Waals surface area contributed by atoms with Gasteiger partial charge in [0, 0.05) is 23.1 Å². The van der Waals surface area contributed by atoms with Crippen molar-refractivity contribution in [3.05, 3.63) is 102 Å². The Morgan fingerprint density at radius 1 is 0.950 bits per heavy atom. The van der Waals surface area contributed by atoms with Crippen molar-refractivity contribution in [1.82, 2.24) is 24.9 Å². The van der Waals surface area contributed by atoms with Crippen LogP contribution in [-0.2, 0) is 16.1 Å². The quantitative estimate of drug-likeness (QED) is 0.275. The fourth-order valence-electron chi connectivity index (χ4n) is 4.72. The molecule has 200 valence electrons. The number of likely N-dealkylation sites (tertiary alicyclic amines) is 1. The Morgan fingerprint density at radius 3 is 2.48 bits per heavy atom. The molecule has 0 saturated carbocycles. The van der Waals surface area contributed by atoms with Crippen LogP contribution in [-0.4, -0.2) is 49.5 Å². The molecular weight excluding hydrogens is 524 g/mol. The lowest BCUT2D eigenvalue weighted by molar-refractivity contribution is -0.120. The molecule has 1 saturated heterocycles. The number of benzene rings is 3. The lowest BCUT2D eigenvalue weighted by Gasteiger charge is -2.22. The minimum Gasteiger partial charge on any atom is -0.445 e. The van der Waals surface area contributed by atoms with Crippen LogP contribution in [0.4, 0.5) is 9.93 Å². The van der Waals surface area contributed by atoms with Gasteiger partial charge in [-0.15, -0.1) is 16.4 Å². The molecule has 1 fully saturated rings. The van der Waals surface area contributed by atoms with Gasteiger partial charge < -0.3 is 10.1 Å². The van der Waals surface area contributed by atoms with Gasteiger partial charge in [-0.05, 0) is 30.5 Å². The number of ether oxygens (including phenoxy) is 1. The van der Waals surface area contributed by atoms with Gasteiger partial charge in [0.05, 0.1) is 23.3 Å². The van der Waals surface area contributed by atoms with Crippen LogP contribution in [0.3, 0.4) is 0 Å². The third-order valence-corrected chi connectivity index (χ3v) is 7.51. The number of aromatic nitrogens is 4. The van der Waals surface area contributed by atoms with E-state index in [0.29, 0.717) is 18.1 Å². The Morgan fingerprint density at radius 2 is 1.70 bits per heavy atom. The van der Waals surface area contributed by atoms with Crippen molar-refractivity contribution in [2.75, 3.05) is 11.9 Å². The van der Waals surface area contributed by atoms with Crippen LogP contribution in [0.2, 0.25) is 0 Å². The van der Waals surface area contributed by atoms with Gasteiger partial charge in [0.1, 0.15) is 12.6 Å². The lowest BCUT2D eigenvalue weighted by Crippen LogP contribution is -2.43. The van der Waals surface area contributed by atoms with Gasteiger partial charge in [0.2, 0.25) is 5.91 Å². The van der Waals surface area contributed by atoms with Gasteiger partial charge in [-0.25, -0.2) is 14.5 Å². The van der Waals surface area contributed by atoms with Crippen LogP contribution in [0.25, 0.3) is 28.2 Å². The summed E-state index contributed by atoms with van der Waals surface area (Å²) in [5.74, 6) is -0.259. The molecule has 10 heteroatoms. The summed E-state index contributed by atoms with van der Waals surface area (Å²) in [6.07, 6.45) is 2.59. The summed E-state index contributed by atoms with van der Waals surface area (Å²) in [4.78, 5) is 31.9. The maximum absolute atomic E-state index is 13.1. The lowest BCUT2D eigenvalue weighted by atomic mass is 10.1. The number of rotatable bonds is 7. The summed E-state index contributed by atoms with van der Waals surface area (Å²) >= 11 is 1.35. The Hall–Kier alpha value is -4.83. The van der Waals surface area contributed by atoms with Crippen molar-refractivity contribution in [3.63, 3.8) is 0 Å². The van der Waals surface area contributed by atoms with Gasteiger partial charge >= 0.3 is 6.09 Å². The highest BCUT2D eigenvalue weighted by atomic mass is 32.1. The number of nitrogens with one attached hydrogen (secondary N) is 1. The molecule has 0 spiro atoms. The summed E-state index contributed by atoms with van der Waals surface area (Å²) in [6, 6.07) is 26.7. The van der Waals surface area contributed by atoms with Crippen molar-refractivity contribution in [2.45, 2.75) is 25.5 Å². The fourth-order valence-corrected chi connectivity index (χ4v) is 5.44. The Labute approximate surface area is 235 Å². The fraction of sp³-hybridized carbons (Fsp3) is 0.167. The highest BCUT2D eigenvalue weighted by molar-refractivity contribution is 7.14. The molecule has 2 aromatic heterocycles.